The zero-order valence-electron chi connectivity index (χ0n) is 9.62. The van der Waals surface area contributed by atoms with Crippen molar-refractivity contribution in [3.05, 3.63) is 0 Å². The number of methoxy groups -OCH3 is 1. The van der Waals surface area contributed by atoms with Crippen molar-refractivity contribution in [2.75, 3.05) is 19.5 Å². The van der Waals surface area contributed by atoms with Crippen molar-refractivity contribution < 1.29 is 4.74 Å². The molecule has 1 saturated heterocycles. The molecule has 3 atom stereocenters. The molecule has 0 aromatic heterocycles. The lowest BCUT2D eigenvalue weighted by molar-refractivity contribution is 0.0264. The van der Waals surface area contributed by atoms with Gasteiger partial charge in [0.1, 0.15) is 0 Å². The lowest BCUT2D eigenvalue weighted by atomic mass is 9.91. The summed E-state index contributed by atoms with van der Waals surface area (Å²) in [5, 5.41) is 0. The number of hydrogen-bond donors (Lipinski definition) is 0. The summed E-state index contributed by atoms with van der Waals surface area (Å²) in [6.07, 6.45) is 8.21. The van der Waals surface area contributed by atoms with E-state index in [1.807, 2.05) is 7.11 Å². The number of nitrogens with zero attached hydrogens (tertiary/aromatic N) is 1. The van der Waals surface area contributed by atoms with E-state index in [2.05, 4.69) is 4.90 Å². The lowest BCUT2D eigenvalue weighted by Gasteiger charge is -2.37. The molecule has 88 valence electrons. The third-order valence-electron chi connectivity index (χ3n) is 4.00. The second-order valence-electron chi connectivity index (χ2n) is 4.87. The molecule has 1 saturated carbocycles. The summed E-state index contributed by atoms with van der Waals surface area (Å²) in [6, 6.07) is 1.36. The van der Waals surface area contributed by atoms with Gasteiger partial charge in [0.2, 0.25) is 0 Å². The van der Waals surface area contributed by atoms with Crippen LogP contribution in [-0.2, 0) is 4.74 Å². The molecule has 2 fully saturated rings. The average Bonchev–Trinajstić information content (AvgIpc) is 2.77. The van der Waals surface area contributed by atoms with E-state index in [0.717, 1.165) is 11.9 Å². The summed E-state index contributed by atoms with van der Waals surface area (Å²) in [5.41, 5.74) is 0. The zero-order chi connectivity index (χ0) is 10.7. The minimum Gasteiger partial charge on any atom is -0.381 e. The topological polar surface area (TPSA) is 12.5 Å². The predicted octanol–water partition coefficient (Wildman–Crippen LogP) is 2.65. The average molecular weight is 232 g/mol. The molecule has 1 heterocycles. The third kappa shape index (κ3) is 2.66. The van der Waals surface area contributed by atoms with E-state index in [1.165, 1.54) is 45.1 Å². The fourth-order valence-corrected chi connectivity index (χ4v) is 3.47. The second-order valence-corrected chi connectivity index (χ2v) is 5.17. The van der Waals surface area contributed by atoms with Gasteiger partial charge in [0, 0.05) is 25.1 Å². The summed E-state index contributed by atoms with van der Waals surface area (Å²) >= 11 is 6.02. The van der Waals surface area contributed by atoms with E-state index in [4.69, 9.17) is 16.3 Å². The van der Waals surface area contributed by atoms with Crippen molar-refractivity contribution in [2.45, 2.75) is 56.7 Å². The van der Waals surface area contributed by atoms with Crippen LogP contribution in [0.15, 0.2) is 0 Å². The van der Waals surface area contributed by atoms with Gasteiger partial charge in [-0.15, -0.1) is 11.6 Å². The second kappa shape index (κ2) is 5.51. The van der Waals surface area contributed by atoms with Crippen LogP contribution in [0.25, 0.3) is 0 Å². The molecule has 15 heavy (non-hydrogen) atoms. The highest BCUT2D eigenvalue weighted by molar-refractivity contribution is 6.18. The molecule has 2 aliphatic rings. The molecular formula is C12H22ClNO. The Labute approximate surface area is 97.9 Å². The Morgan fingerprint density at radius 1 is 1.27 bits per heavy atom. The predicted molar refractivity (Wildman–Crippen MR) is 63.5 cm³/mol. The smallest absolute Gasteiger partial charge is 0.0586 e. The van der Waals surface area contributed by atoms with Crippen molar-refractivity contribution >= 4 is 11.6 Å². The van der Waals surface area contributed by atoms with E-state index in [-0.39, 0.29) is 0 Å². The first-order chi connectivity index (χ1) is 7.35. The Kier molecular flexibility index (Phi) is 4.30. The monoisotopic (exact) mass is 231 g/mol. The molecule has 2 unspecified atom stereocenters. The van der Waals surface area contributed by atoms with Crippen LogP contribution < -0.4 is 0 Å². The van der Waals surface area contributed by atoms with E-state index in [0.29, 0.717) is 12.1 Å². The van der Waals surface area contributed by atoms with Gasteiger partial charge in [-0.25, -0.2) is 0 Å². The van der Waals surface area contributed by atoms with Crippen molar-refractivity contribution in [2.24, 2.45) is 0 Å². The van der Waals surface area contributed by atoms with Gasteiger partial charge in [0.05, 0.1) is 6.10 Å². The molecule has 0 bridgehead atoms. The van der Waals surface area contributed by atoms with E-state index >= 15 is 0 Å². The molecule has 0 amide bonds. The molecule has 0 radical (unpaired) electrons. The summed E-state index contributed by atoms with van der Waals surface area (Å²) in [5.74, 6) is 0.800. The Balaban J connectivity index is 1.91. The minimum absolute atomic E-state index is 0.486. The Morgan fingerprint density at radius 2 is 2.13 bits per heavy atom. The molecule has 1 aliphatic heterocycles. The Morgan fingerprint density at radius 3 is 2.87 bits per heavy atom. The molecular weight excluding hydrogens is 210 g/mol. The molecule has 3 heteroatoms. The van der Waals surface area contributed by atoms with Gasteiger partial charge in [-0.2, -0.15) is 0 Å². The molecule has 0 aromatic rings. The van der Waals surface area contributed by atoms with Gasteiger partial charge < -0.3 is 4.74 Å². The van der Waals surface area contributed by atoms with Crippen LogP contribution in [0.2, 0.25) is 0 Å². The van der Waals surface area contributed by atoms with Gasteiger partial charge in [0.15, 0.2) is 0 Å². The quantitative estimate of drug-likeness (QED) is 0.693. The number of hydrogen-bond acceptors (Lipinski definition) is 2. The van der Waals surface area contributed by atoms with Crippen molar-refractivity contribution in [3.8, 4) is 0 Å². The van der Waals surface area contributed by atoms with Crippen molar-refractivity contribution in [3.63, 3.8) is 0 Å². The maximum absolute atomic E-state index is 6.02. The number of likely N-dealkylation sites (tertiary alicyclic amines) is 1. The highest BCUT2D eigenvalue weighted by Crippen LogP contribution is 2.30. The molecule has 1 aliphatic carbocycles. The summed E-state index contributed by atoms with van der Waals surface area (Å²) in [4.78, 5) is 2.64. The van der Waals surface area contributed by atoms with Gasteiger partial charge in [-0.3, -0.25) is 4.90 Å². The van der Waals surface area contributed by atoms with Gasteiger partial charge in [-0.1, -0.05) is 0 Å². The molecule has 2 nitrogen and oxygen atoms in total. The number of ether oxygens (including phenoxy) is 1. The number of alkyl halides is 1. The highest BCUT2D eigenvalue weighted by atomic mass is 35.5. The van der Waals surface area contributed by atoms with Crippen LogP contribution >= 0.6 is 11.6 Å². The van der Waals surface area contributed by atoms with Gasteiger partial charge in [-0.05, 0) is 45.1 Å². The van der Waals surface area contributed by atoms with E-state index < -0.39 is 0 Å². The summed E-state index contributed by atoms with van der Waals surface area (Å²) in [7, 11) is 1.84. The third-order valence-corrected chi connectivity index (χ3v) is 4.36. The van der Waals surface area contributed by atoms with Crippen LogP contribution in [0, 0.1) is 0 Å². The molecule has 0 N–H and O–H groups in total. The first-order valence-corrected chi connectivity index (χ1v) is 6.73. The van der Waals surface area contributed by atoms with E-state index in [9.17, 15) is 0 Å². The first kappa shape index (κ1) is 11.7. The van der Waals surface area contributed by atoms with Crippen LogP contribution in [0.4, 0.5) is 0 Å². The highest BCUT2D eigenvalue weighted by Gasteiger charge is 2.33. The lowest BCUT2D eigenvalue weighted by Crippen LogP contribution is -2.44. The standard InChI is InChI=1S/C12H22ClNO/c1-15-12-6-2-4-10(8-12)14-7-3-5-11(14)9-13/h10-12H,2-9H2,1H3/t10?,11-,12?/m0/s1. The zero-order valence-corrected chi connectivity index (χ0v) is 10.4. The molecule has 0 spiro atoms. The first-order valence-electron chi connectivity index (χ1n) is 6.19. The normalized spacial score (nSPS) is 38.4. The maximum atomic E-state index is 6.02. The van der Waals surface area contributed by atoms with Crippen molar-refractivity contribution in [1.29, 1.82) is 0 Å². The van der Waals surface area contributed by atoms with E-state index in [1.54, 1.807) is 0 Å². The largest absolute Gasteiger partial charge is 0.381 e. The van der Waals surface area contributed by atoms with Crippen molar-refractivity contribution in [1.82, 2.24) is 4.90 Å². The van der Waals surface area contributed by atoms with Crippen LogP contribution in [0.1, 0.15) is 38.5 Å². The van der Waals surface area contributed by atoms with Crippen LogP contribution in [0.3, 0.4) is 0 Å². The number of rotatable bonds is 3. The maximum Gasteiger partial charge on any atom is 0.0586 e. The molecule has 2 rings (SSSR count). The van der Waals surface area contributed by atoms with Crippen LogP contribution in [-0.4, -0.2) is 42.6 Å². The Bertz CT molecular complexity index is 200. The molecule has 0 aromatic carbocycles. The van der Waals surface area contributed by atoms with Gasteiger partial charge in [0.25, 0.3) is 0 Å². The van der Waals surface area contributed by atoms with Crippen LogP contribution in [0.5, 0.6) is 0 Å². The minimum atomic E-state index is 0.486. The fourth-order valence-electron chi connectivity index (χ4n) is 3.14. The summed E-state index contributed by atoms with van der Waals surface area (Å²) in [6.45, 7) is 1.25. The SMILES string of the molecule is COC1CCCC(N2CCC[C@H]2CCl)C1. The van der Waals surface area contributed by atoms with Gasteiger partial charge >= 0.3 is 0 Å². The fraction of sp³-hybridized carbons (Fsp3) is 1.00. The Hall–Kier alpha value is 0.210. The summed E-state index contributed by atoms with van der Waals surface area (Å²) < 4.78 is 5.49. The number of halogens is 1.